The van der Waals surface area contributed by atoms with Crippen LogP contribution in [0.25, 0.3) is 11.5 Å². The van der Waals surface area contributed by atoms with Crippen LogP contribution in [0, 0.1) is 0 Å². The molecule has 1 aromatic heterocycles. The van der Waals surface area contributed by atoms with Crippen LogP contribution in [0.15, 0.2) is 39.5 Å². The van der Waals surface area contributed by atoms with Crippen LogP contribution in [-0.4, -0.2) is 34.3 Å². The van der Waals surface area contributed by atoms with E-state index in [1.807, 2.05) is 19.9 Å². The van der Waals surface area contributed by atoms with E-state index in [0.717, 1.165) is 17.5 Å². The number of carbonyl (C=O) groups excluding carboxylic acids is 2. The lowest BCUT2D eigenvalue weighted by Crippen LogP contribution is -2.36. The first-order valence-corrected chi connectivity index (χ1v) is 8.08. The van der Waals surface area contributed by atoms with Gasteiger partial charge in [0.2, 0.25) is 5.89 Å². The van der Waals surface area contributed by atoms with Gasteiger partial charge in [0.25, 0.3) is 5.91 Å². The average Bonchev–Trinajstić information content (AvgIpc) is 2.95. The van der Waals surface area contributed by atoms with Crippen molar-refractivity contribution in [2.45, 2.75) is 39.3 Å². The Morgan fingerprint density at radius 3 is 2.72 bits per heavy atom. The van der Waals surface area contributed by atoms with Crippen molar-refractivity contribution in [1.82, 2.24) is 15.1 Å². The van der Waals surface area contributed by atoms with Gasteiger partial charge in [-0.3, -0.25) is 9.59 Å². The van der Waals surface area contributed by atoms with E-state index in [9.17, 15) is 14.4 Å². The molecule has 0 spiro atoms. The fraction of sp³-hybridized carbons (Fsp3) is 0.412. The van der Waals surface area contributed by atoms with Crippen molar-refractivity contribution in [3.8, 4) is 11.5 Å². The molecule has 0 aliphatic rings. The second kappa shape index (κ2) is 8.81. The predicted octanol–water partition coefficient (Wildman–Crippen LogP) is 1.35. The SMILES string of the molecule is CCC[C@H](C)NC(=O)COC(=O)Cn1nc(-c2ccccc2)oc1=O. The highest BCUT2D eigenvalue weighted by Gasteiger charge is 2.15. The van der Waals surface area contributed by atoms with Gasteiger partial charge in [-0.25, -0.2) is 4.79 Å². The van der Waals surface area contributed by atoms with Crippen LogP contribution in [0.2, 0.25) is 0 Å². The molecule has 8 nitrogen and oxygen atoms in total. The van der Waals surface area contributed by atoms with Crippen LogP contribution in [0.3, 0.4) is 0 Å². The van der Waals surface area contributed by atoms with Gasteiger partial charge in [0, 0.05) is 11.6 Å². The van der Waals surface area contributed by atoms with E-state index in [-0.39, 0.29) is 17.8 Å². The Morgan fingerprint density at radius 2 is 2.04 bits per heavy atom. The summed E-state index contributed by atoms with van der Waals surface area (Å²) in [6.07, 6.45) is 1.79. The van der Waals surface area contributed by atoms with E-state index in [1.54, 1.807) is 24.3 Å². The fourth-order valence-electron chi connectivity index (χ4n) is 2.24. The molecular formula is C17H21N3O5. The smallest absolute Gasteiger partial charge is 0.437 e. The van der Waals surface area contributed by atoms with E-state index >= 15 is 0 Å². The van der Waals surface area contributed by atoms with Gasteiger partial charge in [-0.1, -0.05) is 31.5 Å². The molecule has 0 fully saturated rings. The lowest BCUT2D eigenvalue weighted by atomic mass is 10.2. The maximum Gasteiger partial charge on any atom is 0.437 e. The fourth-order valence-corrected chi connectivity index (χ4v) is 2.24. The highest BCUT2D eigenvalue weighted by molar-refractivity contribution is 5.80. The molecule has 1 heterocycles. The molecule has 0 radical (unpaired) electrons. The second-order valence-electron chi connectivity index (χ2n) is 5.61. The number of amides is 1. The largest absolute Gasteiger partial charge is 0.454 e. The number of hydrogen-bond donors (Lipinski definition) is 1. The third kappa shape index (κ3) is 5.59. The van der Waals surface area contributed by atoms with Crippen LogP contribution >= 0.6 is 0 Å². The quantitative estimate of drug-likeness (QED) is 0.723. The monoisotopic (exact) mass is 347 g/mol. The zero-order valence-electron chi connectivity index (χ0n) is 14.2. The maximum atomic E-state index is 11.8. The minimum absolute atomic E-state index is 0.0165. The number of aromatic nitrogens is 2. The van der Waals surface area contributed by atoms with Crippen LogP contribution in [0.5, 0.6) is 0 Å². The van der Waals surface area contributed by atoms with Crippen LogP contribution in [-0.2, 0) is 20.9 Å². The van der Waals surface area contributed by atoms with Crippen molar-refractivity contribution in [2.24, 2.45) is 0 Å². The third-order valence-corrected chi connectivity index (χ3v) is 3.40. The number of ether oxygens (including phenoxy) is 1. The van der Waals surface area contributed by atoms with Gasteiger partial charge in [-0.05, 0) is 25.5 Å². The first-order valence-electron chi connectivity index (χ1n) is 8.08. The molecule has 1 aromatic carbocycles. The lowest BCUT2D eigenvalue weighted by Gasteiger charge is -2.12. The average molecular weight is 347 g/mol. The predicted molar refractivity (Wildman–Crippen MR) is 89.7 cm³/mol. The van der Waals surface area contributed by atoms with Crippen molar-refractivity contribution in [1.29, 1.82) is 0 Å². The van der Waals surface area contributed by atoms with Crippen molar-refractivity contribution < 1.29 is 18.7 Å². The Kier molecular flexibility index (Phi) is 6.50. The number of esters is 1. The summed E-state index contributed by atoms with van der Waals surface area (Å²) in [5, 5.41) is 6.67. The van der Waals surface area contributed by atoms with E-state index < -0.39 is 24.9 Å². The Bertz CT molecular complexity index is 766. The zero-order chi connectivity index (χ0) is 18.2. The Hall–Kier alpha value is -2.90. The maximum absolute atomic E-state index is 11.8. The molecule has 0 unspecified atom stereocenters. The first-order chi connectivity index (χ1) is 12.0. The molecule has 1 atom stereocenters. The summed E-state index contributed by atoms with van der Waals surface area (Å²) in [6.45, 7) is 3.07. The topological polar surface area (TPSA) is 103 Å². The molecule has 0 saturated carbocycles. The summed E-state index contributed by atoms with van der Waals surface area (Å²) in [7, 11) is 0. The van der Waals surface area contributed by atoms with Gasteiger partial charge in [-0.15, -0.1) is 5.10 Å². The lowest BCUT2D eigenvalue weighted by molar-refractivity contribution is -0.149. The van der Waals surface area contributed by atoms with Crippen molar-refractivity contribution in [3.63, 3.8) is 0 Å². The molecule has 0 saturated heterocycles. The number of hydrogen-bond acceptors (Lipinski definition) is 6. The number of rotatable bonds is 8. The minimum atomic E-state index is -0.767. The van der Waals surface area contributed by atoms with Gasteiger partial charge in [-0.2, -0.15) is 4.68 Å². The Balaban J connectivity index is 1.88. The van der Waals surface area contributed by atoms with E-state index in [1.165, 1.54) is 0 Å². The van der Waals surface area contributed by atoms with Crippen LogP contribution in [0.4, 0.5) is 0 Å². The molecule has 0 aliphatic heterocycles. The summed E-state index contributed by atoms with van der Waals surface area (Å²) in [4.78, 5) is 35.2. The standard InChI is InChI=1S/C17H21N3O5/c1-3-7-12(2)18-14(21)11-24-15(22)10-20-17(23)25-16(19-20)13-8-5-4-6-9-13/h4-6,8-9,12H,3,7,10-11H2,1-2H3,(H,18,21)/t12-/m0/s1. The van der Waals surface area contributed by atoms with E-state index in [4.69, 9.17) is 9.15 Å². The minimum Gasteiger partial charge on any atom is -0.454 e. The number of benzene rings is 1. The molecule has 2 rings (SSSR count). The zero-order valence-corrected chi connectivity index (χ0v) is 14.2. The van der Waals surface area contributed by atoms with Gasteiger partial charge in [0.05, 0.1) is 0 Å². The molecule has 0 bridgehead atoms. The summed E-state index contributed by atoms with van der Waals surface area (Å²) in [5.41, 5.74) is 0.621. The molecular weight excluding hydrogens is 326 g/mol. The van der Waals surface area contributed by atoms with Gasteiger partial charge in [0.15, 0.2) is 6.61 Å². The van der Waals surface area contributed by atoms with Crippen molar-refractivity contribution in [2.75, 3.05) is 6.61 Å². The number of carbonyl (C=O) groups is 2. The Morgan fingerprint density at radius 1 is 1.32 bits per heavy atom. The molecule has 0 aliphatic carbocycles. The highest BCUT2D eigenvalue weighted by atomic mass is 16.5. The summed E-state index contributed by atoms with van der Waals surface area (Å²) in [6, 6.07) is 8.86. The molecule has 25 heavy (non-hydrogen) atoms. The van der Waals surface area contributed by atoms with E-state index in [0.29, 0.717) is 5.56 Å². The molecule has 1 amide bonds. The van der Waals surface area contributed by atoms with Gasteiger partial charge in [0.1, 0.15) is 6.54 Å². The van der Waals surface area contributed by atoms with Crippen LogP contribution in [0.1, 0.15) is 26.7 Å². The molecule has 2 aromatic rings. The number of nitrogens with one attached hydrogen (secondary N) is 1. The van der Waals surface area contributed by atoms with Gasteiger partial charge < -0.3 is 14.5 Å². The molecule has 8 heteroatoms. The summed E-state index contributed by atoms with van der Waals surface area (Å²) < 4.78 is 10.7. The third-order valence-electron chi connectivity index (χ3n) is 3.40. The van der Waals surface area contributed by atoms with E-state index in [2.05, 4.69) is 10.4 Å². The highest BCUT2D eigenvalue weighted by Crippen LogP contribution is 2.13. The number of nitrogens with zero attached hydrogens (tertiary/aromatic N) is 2. The normalized spacial score (nSPS) is 11.8. The van der Waals surface area contributed by atoms with Gasteiger partial charge >= 0.3 is 11.7 Å². The first kappa shape index (κ1) is 18.4. The van der Waals surface area contributed by atoms with Crippen molar-refractivity contribution >= 4 is 11.9 Å². The second-order valence-corrected chi connectivity index (χ2v) is 5.61. The Labute approximate surface area is 144 Å². The van der Waals surface area contributed by atoms with Crippen LogP contribution < -0.4 is 11.1 Å². The molecule has 134 valence electrons. The van der Waals surface area contributed by atoms with Crippen molar-refractivity contribution in [3.05, 3.63) is 40.9 Å². The molecule has 1 N–H and O–H groups in total. The summed E-state index contributed by atoms with van der Waals surface area (Å²) in [5.74, 6) is -1.78. The summed E-state index contributed by atoms with van der Waals surface area (Å²) >= 11 is 0.